The standard InChI is InChI=1S/C27H21BrClN3O2/c1-3-12-31-23-10-4-16(2)13-21(23)27(26(31)33)32-24(20-14-18(28)7-11-25(20)34-27)15-22(30-32)17-5-8-19(29)9-6-17/h3-11,13-14,24H,1,12,15H2,2H3. The molecule has 0 N–H and O–H groups in total. The van der Waals surface area contributed by atoms with Crippen LogP contribution in [0.3, 0.4) is 0 Å². The lowest BCUT2D eigenvalue weighted by atomic mass is 9.92. The minimum atomic E-state index is -1.38. The molecule has 3 aromatic carbocycles. The summed E-state index contributed by atoms with van der Waals surface area (Å²) in [5.74, 6) is 0.533. The highest BCUT2D eigenvalue weighted by Gasteiger charge is 2.63. The van der Waals surface area contributed by atoms with Gasteiger partial charge in [0.25, 0.3) is 5.91 Å². The van der Waals surface area contributed by atoms with Gasteiger partial charge in [0, 0.05) is 28.0 Å². The number of hydrazone groups is 1. The van der Waals surface area contributed by atoms with E-state index < -0.39 is 5.72 Å². The fourth-order valence-electron chi connectivity index (χ4n) is 5.13. The van der Waals surface area contributed by atoms with Crippen molar-refractivity contribution in [2.75, 3.05) is 11.4 Å². The van der Waals surface area contributed by atoms with E-state index >= 15 is 0 Å². The number of benzene rings is 3. The highest BCUT2D eigenvalue weighted by molar-refractivity contribution is 9.10. The second-order valence-electron chi connectivity index (χ2n) is 8.77. The Morgan fingerprint density at radius 1 is 1.21 bits per heavy atom. The van der Waals surface area contributed by atoms with Gasteiger partial charge in [-0.05, 0) is 55.0 Å². The van der Waals surface area contributed by atoms with Crippen molar-refractivity contribution in [2.24, 2.45) is 5.10 Å². The van der Waals surface area contributed by atoms with Crippen LogP contribution in [0.4, 0.5) is 5.69 Å². The summed E-state index contributed by atoms with van der Waals surface area (Å²) in [6.07, 6.45) is 2.38. The number of hydrogen-bond acceptors (Lipinski definition) is 4. The van der Waals surface area contributed by atoms with Crippen molar-refractivity contribution in [3.8, 4) is 5.75 Å². The zero-order valence-electron chi connectivity index (χ0n) is 18.5. The summed E-state index contributed by atoms with van der Waals surface area (Å²) in [6.45, 7) is 6.27. The fourth-order valence-corrected chi connectivity index (χ4v) is 5.64. The lowest BCUT2D eigenvalue weighted by molar-refractivity contribution is -0.163. The zero-order valence-corrected chi connectivity index (χ0v) is 20.8. The van der Waals surface area contributed by atoms with Crippen molar-refractivity contribution in [3.63, 3.8) is 0 Å². The summed E-state index contributed by atoms with van der Waals surface area (Å²) < 4.78 is 7.63. The SMILES string of the molecule is C=CCN1C(=O)C2(Oc3ccc(Br)cc3C3CC(c4ccc(Cl)cc4)=NN32)c2cc(C)ccc21. The third-order valence-electron chi connectivity index (χ3n) is 6.65. The molecule has 1 spiro atoms. The third-order valence-corrected chi connectivity index (χ3v) is 7.40. The van der Waals surface area contributed by atoms with E-state index in [1.807, 2.05) is 66.5 Å². The van der Waals surface area contributed by atoms with E-state index in [0.717, 1.165) is 38.1 Å². The number of anilines is 1. The number of nitrogens with zero attached hydrogens (tertiary/aromatic N) is 3. The summed E-state index contributed by atoms with van der Waals surface area (Å²) in [5, 5.41) is 7.58. The molecule has 3 aliphatic heterocycles. The molecule has 2 unspecified atom stereocenters. The summed E-state index contributed by atoms with van der Waals surface area (Å²) >= 11 is 9.72. The number of aryl methyl sites for hydroxylation is 1. The van der Waals surface area contributed by atoms with Gasteiger partial charge in [-0.25, -0.2) is 5.01 Å². The topological polar surface area (TPSA) is 45.1 Å². The molecule has 0 saturated heterocycles. The van der Waals surface area contributed by atoms with Crippen molar-refractivity contribution in [2.45, 2.75) is 25.1 Å². The number of hydrogen-bond donors (Lipinski definition) is 0. The van der Waals surface area contributed by atoms with E-state index in [-0.39, 0.29) is 11.9 Å². The molecule has 3 aliphatic rings. The molecule has 34 heavy (non-hydrogen) atoms. The van der Waals surface area contributed by atoms with Crippen molar-refractivity contribution >= 4 is 44.8 Å². The second-order valence-corrected chi connectivity index (χ2v) is 10.1. The van der Waals surface area contributed by atoms with Crippen LogP contribution in [0.5, 0.6) is 5.75 Å². The number of ether oxygens (including phenoxy) is 1. The van der Waals surface area contributed by atoms with E-state index in [0.29, 0.717) is 23.7 Å². The van der Waals surface area contributed by atoms with E-state index in [1.54, 1.807) is 11.0 Å². The van der Waals surface area contributed by atoms with Gasteiger partial charge in [0.05, 0.1) is 23.0 Å². The Bertz CT molecular complexity index is 1390. The average Bonchev–Trinajstić information content (AvgIpc) is 3.36. The normalized spacial score (nSPS) is 22.3. The van der Waals surface area contributed by atoms with Crippen LogP contribution in [-0.2, 0) is 10.5 Å². The highest BCUT2D eigenvalue weighted by atomic mass is 79.9. The predicted octanol–water partition coefficient (Wildman–Crippen LogP) is 6.34. The van der Waals surface area contributed by atoms with E-state index in [2.05, 4.69) is 28.6 Å². The number of fused-ring (bicyclic) bond motifs is 6. The van der Waals surface area contributed by atoms with E-state index in [4.69, 9.17) is 21.4 Å². The van der Waals surface area contributed by atoms with E-state index in [1.165, 1.54) is 0 Å². The Kier molecular flexibility index (Phi) is 4.87. The summed E-state index contributed by atoms with van der Waals surface area (Å²) in [4.78, 5) is 15.9. The Morgan fingerprint density at radius 2 is 2.00 bits per heavy atom. The molecule has 2 atom stereocenters. The smallest absolute Gasteiger partial charge is 0.306 e. The lowest BCUT2D eigenvalue weighted by Crippen LogP contribution is -2.57. The Morgan fingerprint density at radius 3 is 2.76 bits per heavy atom. The van der Waals surface area contributed by atoms with Crippen LogP contribution in [0.2, 0.25) is 5.02 Å². The van der Waals surface area contributed by atoms with Crippen LogP contribution in [0.15, 0.2) is 82.9 Å². The molecule has 1 amide bonds. The molecule has 0 radical (unpaired) electrons. The van der Waals surface area contributed by atoms with Crippen molar-refractivity contribution in [1.82, 2.24) is 5.01 Å². The minimum absolute atomic E-state index is 0.159. The van der Waals surface area contributed by atoms with Gasteiger partial charge in [-0.2, -0.15) is 5.10 Å². The Hall–Kier alpha value is -3.09. The summed E-state index contributed by atoms with van der Waals surface area (Å²) in [7, 11) is 0. The number of carbonyl (C=O) groups excluding carboxylic acids is 1. The van der Waals surface area contributed by atoms with Gasteiger partial charge in [0.1, 0.15) is 5.75 Å². The maximum absolute atomic E-state index is 14.2. The first kappa shape index (κ1) is 21.4. The first-order chi connectivity index (χ1) is 16.4. The van der Waals surface area contributed by atoms with Crippen molar-refractivity contribution in [1.29, 1.82) is 0 Å². The van der Waals surface area contributed by atoms with Crippen LogP contribution >= 0.6 is 27.5 Å². The second kappa shape index (κ2) is 7.72. The molecule has 0 bridgehead atoms. The zero-order chi connectivity index (χ0) is 23.6. The van der Waals surface area contributed by atoms with Gasteiger partial charge >= 0.3 is 5.72 Å². The van der Waals surface area contributed by atoms with Crippen LogP contribution in [-0.4, -0.2) is 23.2 Å². The average molecular weight is 535 g/mol. The van der Waals surface area contributed by atoms with Crippen LogP contribution in [0.1, 0.15) is 34.7 Å². The first-order valence-corrected chi connectivity index (χ1v) is 12.2. The van der Waals surface area contributed by atoms with Crippen LogP contribution in [0, 0.1) is 6.92 Å². The van der Waals surface area contributed by atoms with Crippen molar-refractivity contribution in [3.05, 3.63) is 105 Å². The monoisotopic (exact) mass is 533 g/mol. The van der Waals surface area contributed by atoms with Crippen LogP contribution in [0.25, 0.3) is 0 Å². The predicted molar refractivity (Wildman–Crippen MR) is 137 cm³/mol. The molecular weight excluding hydrogens is 514 g/mol. The largest absolute Gasteiger partial charge is 0.453 e. The Labute approximate surface area is 211 Å². The molecule has 3 aromatic rings. The van der Waals surface area contributed by atoms with Crippen LogP contribution < -0.4 is 9.64 Å². The third kappa shape index (κ3) is 2.98. The van der Waals surface area contributed by atoms with Gasteiger partial charge < -0.3 is 9.64 Å². The molecule has 6 rings (SSSR count). The fraction of sp³-hybridized carbons (Fsp3) is 0.185. The number of halogens is 2. The highest BCUT2D eigenvalue weighted by Crippen LogP contribution is 2.56. The molecule has 7 heteroatoms. The van der Waals surface area contributed by atoms with E-state index in [9.17, 15) is 4.79 Å². The molecule has 3 heterocycles. The van der Waals surface area contributed by atoms with Crippen molar-refractivity contribution < 1.29 is 9.53 Å². The maximum atomic E-state index is 14.2. The quantitative estimate of drug-likeness (QED) is 0.368. The summed E-state index contributed by atoms with van der Waals surface area (Å²) in [6, 6.07) is 19.4. The maximum Gasteiger partial charge on any atom is 0.306 e. The van der Waals surface area contributed by atoms with Gasteiger partial charge in [-0.3, -0.25) is 4.79 Å². The van der Waals surface area contributed by atoms with Gasteiger partial charge in [-0.1, -0.05) is 57.4 Å². The summed E-state index contributed by atoms with van der Waals surface area (Å²) in [5.41, 5.74) is 4.16. The van der Waals surface area contributed by atoms with Gasteiger partial charge in [-0.15, -0.1) is 6.58 Å². The minimum Gasteiger partial charge on any atom is -0.453 e. The number of rotatable bonds is 3. The first-order valence-electron chi connectivity index (χ1n) is 11.1. The molecule has 0 aliphatic carbocycles. The lowest BCUT2D eigenvalue weighted by Gasteiger charge is -2.44. The molecule has 0 saturated carbocycles. The molecule has 5 nitrogen and oxygen atoms in total. The number of amides is 1. The molecule has 0 aromatic heterocycles. The Balaban J connectivity index is 1.59. The molecule has 0 fully saturated rings. The number of carbonyl (C=O) groups is 1. The molecular formula is C27H21BrClN3O2. The molecule has 170 valence electrons. The van der Waals surface area contributed by atoms with Gasteiger partial charge in [0.2, 0.25) is 0 Å². The van der Waals surface area contributed by atoms with Gasteiger partial charge in [0.15, 0.2) is 0 Å².